The molecule has 0 unspecified atom stereocenters. The highest BCUT2D eigenvalue weighted by Gasteiger charge is 2.07. The molecular weight excluding hydrogens is 224 g/mol. The van der Waals surface area contributed by atoms with Crippen LogP contribution in [0.4, 0.5) is 5.82 Å². The number of aryl methyl sites for hydroxylation is 2. The highest BCUT2D eigenvalue weighted by molar-refractivity contribution is 5.53. The number of rotatable bonds is 4. The van der Waals surface area contributed by atoms with Crippen molar-refractivity contribution in [3.8, 4) is 11.5 Å². The first-order valence-electron chi connectivity index (χ1n) is 6.22. The van der Waals surface area contributed by atoms with Crippen molar-refractivity contribution in [2.45, 2.75) is 26.7 Å². The fraction of sp³-hybridized carbons (Fsp3) is 0.357. The molecule has 1 N–H and O–H groups in total. The molecule has 0 aliphatic carbocycles. The quantitative estimate of drug-likeness (QED) is 0.895. The van der Waals surface area contributed by atoms with Crippen LogP contribution in [0.1, 0.15) is 24.7 Å². The number of pyridine rings is 1. The Bertz CT molecular complexity index is 537. The number of nitrogens with one attached hydrogen (secondary N) is 1. The molecule has 4 heteroatoms. The summed E-state index contributed by atoms with van der Waals surface area (Å²) in [5.74, 6) is 1.53. The van der Waals surface area contributed by atoms with E-state index in [2.05, 4.69) is 27.2 Å². The third kappa shape index (κ3) is 2.83. The lowest BCUT2D eigenvalue weighted by Gasteiger charge is -2.07. The van der Waals surface area contributed by atoms with Gasteiger partial charge in [-0.3, -0.25) is 0 Å². The Kier molecular flexibility index (Phi) is 3.87. The molecule has 2 aromatic heterocycles. The molecule has 2 heterocycles. The first-order valence-corrected chi connectivity index (χ1v) is 6.22. The van der Waals surface area contributed by atoms with Crippen LogP contribution in [-0.2, 0) is 6.42 Å². The molecule has 2 aromatic rings. The molecule has 0 aliphatic rings. The van der Waals surface area contributed by atoms with Crippen LogP contribution >= 0.6 is 0 Å². The average molecular weight is 242 g/mol. The van der Waals surface area contributed by atoms with Crippen molar-refractivity contribution in [2.24, 2.45) is 0 Å². The molecule has 94 valence electrons. The van der Waals surface area contributed by atoms with Gasteiger partial charge in [-0.25, -0.2) is 15.0 Å². The zero-order valence-electron chi connectivity index (χ0n) is 11.1. The highest BCUT2D eigenvalue weighted by atomic mass is 15.0. The summed E-state index contributed by atoms with van der Waals surface area (Å²) in [4.78, 5) is 13.5. The van der Waals surface area contributed by atoms with Crippen LogP contribution in [-0.4, -0.2) is 22.0 Å². The van der Waals surface area contributed by atoms with Gasteiger partial charge in [0.15, 0.2) is 5.82 Å². The molecule has 18 heavy (non-hydrogen) atoms. The van der Waals surface area contributed by atoms with Gasteiger partial charge in [-0.15, -0.1) is 0 Å². The predicted octanol–water partition coefficient (Wildman–Crippen LogP) is 2.84. The standard InChI is InChI=1S/C14H18N4/c1-4-6-11-9-13(15-3)18-14(17-11)12-8-5-7-10(2)16-12/h5,7-9H,4,6H2,1-3H3,(H,15,17,18). The Morgan fingerprint density at radius 2 is 2.00 bits per heavy atom. The Morgan fingerprint density at radius 1 is 1.17 bits per heavy atom. The van der Waals surface area contributed by atoms with Gasteiger partial charge in [0, 0.05) is 24.5 Å². The Morgan fingerprint density at radius 3 is 2.67 bits per heavy atom. The number of hydrogen-bond acceptors (Lipinski definition) is 4. The lowest BCUT2D eigenvalue weighted by Crippen LogP contribution is -2.02. The van der Waals surface area contributed by atoms with Gasteiger partial charge in [0.2, 0.25) is 0 Å². The van der Waals surface area contributed by atoms with Crippen LogP contribution in [0.3, 0.4) is 0 Å². The van der Waals surface area contributed by atoms with E-state index in [1.165, 1.54) is 0 Å². The molecule has 0 saturated carbocycles. The molecule has 0 spiro atoms. The minimum atomic E-state index is 0.689. The lowest BCUT2D eigenvalue weighted by atomic mass is 10.2. The van der Waals surface area contributed by atoms with E-state index in [1.807, 2.05) is 38.2 Å². The van der Waals surface area contributed by atoms with Gasteiger partial charge in [-0.05, 0) is 25.5 Å². The molecule has 0 amide bonds. The van der Waals surface area contributed by atoms with Crippen molar-refractivity contribution in [2.75, 3.05) is 12.4 Å². The summed E-state index contributed by atoms with van der Waals surface area (Å²) in [5.41, 5.74) is 2.85. The second-order valence-corrected chi connectivity index (χ2v) is 4.23. The van der Waals surface area contributed by atoms with Gasteiger partial charge in [0.1, 0.15) is 11.5 Å². The number of aromatic nitrogens is 3. The van der Waals surface area contributed by atoms with E-state index in [4.69, 9.17) is 0 Å². The van der Waals surface area contributed by atoms with E-state index in [-0.39, 0.29) is 0 Å². The lowest BCUT2D eigenvalue weighted by molar-refractivity contribution is 0.874. The minimum Gasteiger partial charge on any atom is -0.373 e. The van der Waals surface area contributed by atoms with Crippen LogP contribution in [0.5, 0.6) is 0 Å². The van der Waals surface area contributed by atoms with Crippen LogP contribution in [0.2, 0.25) is 0 Å². The summed E-state index contributed by atoms with van der Waals surface area (Å²) in [7, 11) is 1.87. The van der Waals surface area contributed by atoms with E-state index >= 15 is 0 Å². The third-order valence-electron chi connectivity index (χ3n) is 2.66. The molecule has 4 nitrogen and oxygen atoms in total. The number of anilines is 1. The van der Waals surface area contributed by atoms with Gasteiger partial charge in [0.05, 0.1) is 0 Å². The molecule has 0 atom stereocenters. The molecular formula is C14H18N4. The second kappa shape index (κ2) is 5.58. The van der Waals surface area contributed by atoms with E-state index in [0.717, 1.165) is 35.7 Å². The monoisotopic (exact) mass is 242 g/mol. The third-order valence-corrected chi connectivity index (χ3v) is 2.66. The van der Waals surface area contributed by atoms with Crippen molar-refractivity contribution in [1.29, 1.82) is 0 Å². The molecule has 0 radical (unpaired) electrons. The zero-order valence-corrected chi connectivity index (χ0v) is 11.1. The summed E-state index contributed by atoms with van der Waals surface area (Å²) in [5, 5.41) is 3.07. The Balaban J connectivity index is 2.46. The molecule has 0 saturated heterocycles. The molecule has 0 bridgehead atoms. The summed E-state index contributed by atoms with van der Waals surface area (Å²) in [6.45, 7) is 4.12. The van der Waals surface area contributed by atoms with Gasteiger partial charge in [-0.1, -0.05) is 19.4 Å². The molecule has 0 aliphatic heterocycles. The van der Waals surface area contributed by atoms with Gasteiger partial charge in [-0.2, -0.15) is 0 Å². The van der Waals surface area contributed by atoms with Crippen LogP contribution in [0, 0.1) is 6.92 Å². The summed E-state index contributed by atoms with van der Waals surface area (Å²) in [6, 6.07) is 7.88. The molecule has 0 aromatic carbocycles. The van der Waals surface area contributed by atoms with Crippen LogP contribution in [0.15, 0.2) is 24.3 Å². The van der Waals surface area contributed by atoms with Crippen molar-refractivity contribution in [3.05, 3.63) is 35.7 Å². The maximum atomic E-state index is 4.57. The fourth-order valence-electron chi connectivity index (χ4n) is 1.79. The minimum absolute atomic E-state index is 0.689. The maximum Gasteiger partial charge on any atom is 0.180 e. The number of hydrogen-bond donors (Lipinski definition) is 1. The summed E-state index contributed by atoms with van der Waals surface area (Å²) >= 11 is 0. The normalized spacial score (nSPS) is 10.4. The van der Waals surface area contributed by atoms with Crippen molar-refractivity contribution < 1.29 is 0 Å². The van der Waals surface area contributed by atoms with E-state index in [9.17, 15) is 0 Å². The summed E-state index contributed by atoms with van der Waals surface area (Å²) in [6.07, 6.45) is 2.02. The van der Waals surface area contributed by atoms with Crippen LogP contribution in [0.25, 0.3) is 11.5 Å². The highest BCUT2D eigenvalue weighted by Crippen LogP contribution is 2.17. The Hall–Kier alpha value is -1.97. The number of nitrogens with zero attached hydrogens (tertiary/aromatic N) is 3. The van der Waals surface area contributed by atoms with Crippen molar-refractivity contribution in [1.82, 2.24) is 15.0 Å². The van der Waals surface area contributed by atoms with Crippen LogP contribution < -0.4 is 5.32 Å². The first-order chi connectivity index (χ1) is 8.72. The zero-order chi connectivity index (χ0) is 13.0. The summed E-state index contributed by atoms with van der Waals surface area (Å²) < 4.78 is 0. The van der Waals surface area contributed by atoms with E-state index in [0.29, 0.717) is 5.82 Å². The molecule has 2 rings (SSSR count). The van der Waals surface area contributed by atoms with E-state index in [1.54, 1.807) is 0 Å². The fourth-order valence-corrected chi connectivity index (χ4v) is 1.79. The second-order valence-electron chi connectivity index (χ2n) is 4.23. The van der Waals surface area contributed by atoms with Crippen molar-refractivity contribution >= 4 is 5.82 Å². The van der Waals surface area contributed by atoms with Gasteiger partial charge < -0.3 is 5.32 Å². The topological polar surface area (TPSA) is 50.7 Å². The first kappa shape index (κ1) is 12.5. The van der Waals surface area contributed by atoms with E-state index < -0.39 is 0 Å². The molecule has 0 fully saturated rings. The maximum absolute atomic E-state index is 4.57. The smallest absolute Gasteiger partial charge is 0.180 e. The Labute approximate surface area is 108 Å². The van der Waals surface area contributed by atoms with Gasteiger partial charge >= 0.3 is 0 Å². The SMILES string of the molecule is CCCc1cc(NC)nc(-c2cccc(C)n2)n1. The van der Waals surface area contributed by atoms with Crippen molar-refractivity contribution in [3.63, 3.8) is 0 Å². The van der Waals surface area contributed by atoms with Gasteiger partial charge in [0.25, 0.3) is 0 Å². The largest absolute Gasteiger partial charge is 0.373 e. The predicted molar refractivity (Wildman–Crippen MR) is 73.5 cm³/mol. The average Bonchev–Trinajstić information content (AvgIpc) is 2.39.